The molecule has 0 aliphatic heterocycles. The van der Waals surface area contributed by atoms with E-state index in [1.165, 1.54) is 0 Å². The van der Waals surface area contributed by atoms with Gasteiger partial charge in [0.15, 0.2) is 5.82 Å². The van der Waals surface area contributed by atoms with E-state index in [2.05, 4.69) is 32.8 Å². The van der Waals surface area contributed by atoms with Gasteiger partial charge in [0.1, 0.15) is 15.9 Å². The van der Waals surface area contributed by atoms with Gasteiger partial charge in [0.25, 0.3) is 0 Å². The maximum absolute atomic E-state index is 11.6. The Bertz CT molecular complexity index is 770. The zero-order chi connectivity index (χ0) is 16.3. The Balaban J connectivity index is 2.24. The Labute approximate surface area is 136 Å². The summed E-state index contributed by atoms with van der Waals surface area (Å²) in [6.07, 6.45) is 4.88. The SMILES string of the molecule is CC1(C)C(C(=O)O)CC[C@]1(C)c1nc(Br)c2c(N)nccn12. The van der Waals surface area contributed by atoms with E-state index < -0.39 is 11.4 Å². The lowest BCUT2D eigenvalue weighted by atomic mass is 9.65. The van der Waals surface area contributed by atoms with Gasteiger partial charge in [-0.15, -0.1) is 0 Å². The van der Waals surface area contributed by atoms with Crippen molar-refractivity contribution in [2.75, 3.05) is 5.73 Å². The van der Waals surface area contributed by atoms with Crippen LogP contribution < -0.4 is 5.73 Å². The monoisotopic (exact) mass is 366 g/mol. The summed E-state index contributed by atoms with van der Waals surface area (Å²) in [6.45, 7) is 6.12. The van der Waals surface area contributed by atoms with Crippen LogP contribution in [0, 0.1) is 11.3 Å². The number of nitrogens with zero attached hydrogens (tertiary/aromatic N) is 3. The van der Waals surface area contributed by atoms with Gasteiger partial charge in [-0.2, -0.15) is 0 Å². The van der Waals surface area contributed by atoms with Crippen LogP contribution in [-0.2, 0) is 10.2 Å². The largest absolute Gasteiger partial charge is 0.481 e. The molecule has 0 radical (unpaired) electrons. The van der Waals surface area contributed by atoms with E-state index in [0.29, 0.717) is 16.8 Å². The topological polar surface area (TPSA) is 93.5 Å². The van der Waals surface area contributed by atoms with E-state index >= 15 is 0 Å². The number of nitrogens with two attached hydrogens (primary N) is 1. The number of imidazole rings is 1. The predicted octanol–water partition coefficient (Wildman–Crippen LogP) is 2.85. The van der Waals surface area contributed by atoms with Crippen molar-refractivity contribution < 1.29 is 9.90 Å². The van der Waals surface area contributed by atoms with E-state index in [9.17, 15) is 9.90 Å². The van der Waals surface area contributed by atoms with Crippen LogP contribution in [0.15, 0.2) is 17.0 Å². The minimum absolute atomic E-state index is 0.362. The normalized spacial score (nSPS) is 27.4. The maximum Gasteiger partial charge on any atom is 0.307 e. The molecule has 0 amide bonds. The fourth-order valence-electron chi connectivity index (χ4n) is 3.74. The maximum atomic E-state index is 11.6. The molecule has 1 saturated carbocycles. The molecule has 2 atom stereocenters. The predicted molar refractivity (Wildman–Crippen MR) is 86.6 cm³/mol. The number of aromatic nitrogens is 3. The second-order valence-electron chi connectivity index (χ2n) is 6.74. The number of carboxylic acids is 1. The summed E-state index contributed by atoms with van der Waals surface area (Å²) in [5.74, 6) is 0.109. The van der Waals surface area contributed by atoms with E-state index in [-0.39, 0.29) is 11.3 Å². The molecule has 3 rings (SSSR count). The second kappa shape index (κ2) is 4.68. The summed E-state index contributed by atoms with van der Waals surface area (Å²) < 4.78 is 2.57. The number of aliphatic carboxylic acids is 1. The number of rotatable bonds is 2. The zero-order valence-corrected chi connectivity index (χ0v) is 14.4. The molecule has 1 aliphatic rings. The van der Waals surface area contributed by atoms with Crippen LogP contribution in [0.5, 0.6) is 0 Å². The third-order valence-electron chi connectivity index (χ3n) is 5.56. The summed E-state index contributed by atoms with van der Waals surface area (Å²) >= 11 is 3.45. The molecule has 0 spiro atoms. The summed E-state index contributed by atoms with van der Waals surface area (Å²) in [5, 5.41) is 9.52. The van der Waals surface area contributed by atoms with Gasteiger partial charge in [0.05, 0.1) is 5.92 Å². The van der Waals surface area contributed by atoms with Crippen molar-refractivity contribution in [1.82, 2.24) is 14.4 Å². The lowest BCUT2D eigenvalue weighted by molar-refractivity contribution is -0.145. The van der Waals surface area contributed by atoms with Crippen LogP contribution in [0.3, 0.4) is 0 Å². The molecule has 22 heavy (non-hydrogen) atoms. The van der Waals surface area contributed by atoms with Gasteiger partial charge in [-0.3, -0.25) is 9.20 Å². The van der Waals surface area contributed by atoms with Gasteiger partial charge < -0.3 is 10.8 Å². The molecule has 0 aromatic carbocycles. The number of fused-ring (bicyclic) bond motifs is 1. The van der Waals surface area contributed by atoms with Gasteiger partial charge in [-0.25, -0.2) is 9.97 Å². The number of hydrogen-bond donors (Lipinski definition) is 2. The number of anilines is 1. The van der Waals surface area contributed by atoms with Gasteiger partial charge in [0, 0.05) is 17.8 Å². The average molecular weight is 367 g/mol. The minimum atomic E-state index is -0.741. The van der Waals surface area contributed by atoms with Gasteiger partial charge in [-0.1, -0.05) is 20.8 Å². The number of nitrogen functional groups attached to an aromatic ring is 1. The lowest BCUT2D eigenvalue weighted by Gasteiger charge is -2.39. The van der Waals surface area contributed by atoms with E-state index in [1.54, 1.807) is 6.20 Å². The molecular formula is C15H19BrN4O2. The quantitative estimate of drug-likeness (QED) is 0.851. The van der Waals surface area contributed by atoms with Crippen LogP contribution in [0.2, 0.25) is 0 Å². The van der Waals surface area contributed by atoms with Crippen LogP contribution >= 0.6 is 15.9 Å². The van der Waals surface area contributed by atoms with Crippen LogP contribution in [0.25, 0.3) is 5.52 Å². The number of halogens is 1. The highest BCUT2D eigenvalue weighted by Gasteiger charge is 2.57. The number of carbonyl (C=O) groups is 1. The molecule has 3 N–H and O–H groups in total. The van der Waals surface area contributed by atoms with Crippen LogP contribution in [-0.4, -0.2) is 25.4 Å². The van der Waals surface area contributed by atoms with E-state index in [0.717, 1.165) is 17.8 Å². The molecule has 1 aliphatic carbocycles. The third kappa shape index (κ3) is 1.81. The number of hydrogen-bond acceptors (Lipinski definition) is 4. The Morgan fingerprint density at radius 1 is 1.50 bits per heavy atom. The minimum Gasteiger partial charge on any atom is -0.481 e. The molecule has 118 valence electrons. The van der Waals surface area contributed by atoms with Crippen molar-refractivity contribution in [1.29, 1.82) is 0 Å². The van der Waals surface area contributed by atoms with Crippen LogP contribution in [0.1, 0.15) is 39.4 Å². The summed E-state index contributed by atoms with van der Waals surface area (Å²) in [5.41, 5.74) is 5.91. The molecule has 1 unspecified atom stereocenters. The smallest absolute Gasteiger partial charge is 0.307 e. The Kier molecular flexibility index (Phi) is 3.25. The number of carboxylic acid groups (broad SMARTS) is 1. The molecule has 0 saturated heterocycles. The van der Waals surface area contributed by atoms with E-state index in [4.69, 9.17) is 5.73 Å². The Morgan fingerprint density at radius 2 is 2.18 bits per heavy atom. The summed E-state index contributed by atoms with van der Waals surface area (Å²) in [4.78, 5) is 20.4. The molecule has 0 bridgehead atoms. The van der Waals surface area contributed by atoms with Crippen molar-refractivity contribution in [3.05, 3.63) is 22.8 Å². The standard InChI is InChI=1S/C15H19BrN4O2/c1-14(2)8(12(21)22)4-5-15(14,3)13-19-10(16)9-11(17)18-6-7-20(9)13/h6-8H,4-5H2,1-3H3,(H2,17,18)(H,21,22)/t8?,15-/m1/s1. The van der Waals surface area contributed by atoms with Crippen molar-refractivity contribution in [3.63, 3.8) is 0 Å². The highest BCUT2D eigenvalue weighted by molar-refractivity contribution is 9.10. The van der Waals surface area contributed by atoms with Crippen molar-refractivity contribution in [3.8, 4) is 0 Å². The molecule has 2 aromatic rings. The molecule has 6 nitrogen and oxygen atoms in total. The van der Waals surface area contributed by atoms with Crippen LogP contribution in [0.4, 0.5) is 5.82 Å². The second-order valence-corrected chi connectivity index (χ2v) is 7.49. The third-order valence-corrected chi connectivity index (χ3v) is 6.11. The van der Waals surface area contributed by atoms with Gasteiger partial charge >= 0.3 is 5.97 Å². The summed E-state index contributed by atoms with van der Waals surface area (Å²) in [7, 11) is 0. The molecule has 2 aromatic heterocycles. The molecule has 1 fully saturated rings. The highest BCUT2D eigenvalue weighted by atomic mass is 79.9. The van der Waals surface area contributed by atoms with Crippen molar-refractivity contribution in [2.24, 2.45) is 11.3 Å². The molecular weight excluding hydrogens is 348 g/mol. The summed E-state index contributed by atoms with van der Waals surface area (Å²) in [6, 6.07) is 0. The first kappa shape index (κ1) is 15.3. The fraction of sp³-hybridized carbons (Fsp3) is 0.533. The lowest BCUT2D eigenvalue weighted by Crippen LogP contribution is -2.41. The average Bonchev–Trinajstić information content (AvgIpc) is 2.88. The van der Waals surface area contributed by atoms with E-state index in [1.807, 2.05) is 24.4 Å². The van der Waals surface area contributed by atoms with Crippen molar-refractivity contribution in [2.45, 2.75) is 39.0 Å². The first-order valence-corrected chi connectivity index (χ1v) is 8.01. The fourth-order valence-corrected chi connectivity index (χ4v) is 4.30. The Morgan fingerprint density at radius 3 is 2.77 bits per heavy atom. The van der Waals surface area contributed by atoms with Gasteiger partial charge in [0.2, 0.25) is 0 Å². The zero-order valence-electron chi connectivity index (χ0n) is 12.8. The van der Waals surface area contributed by atoms with Crippen molar-refractivity contribution >= 4 is 33.2 Å². The molecule has 7 heteroatoms. The first-order chi connectivity index (χ1) is 10.2. The highest BCUT2D eigenvalue weighted by Crippen LogP contribution is 2.57. The first-order valence-electron chi connectivity index (χ1n) is 7.21. The molecule has 2 heterocycles. The Hall–Kier alpha value is -1.63. The van der Waals surface area contributed by atoms with Gasteiger partial charge in [-0.05, 0) is 34.2 Å².